The van der Waals surface area contributed by atoms with Crippen LogP contribution in [0.2, 0.25) is 0 Å². The van der Waals surface area contributed by atoms with Crippen LogP contribution >= 0.6 is 11.3 Å². The van der Waals surface area contributed by atoms with E-state index in [2.05, 4.69) is 10.1 Å². The summed E-state index contributed by atoms with van der Waals surface area (Å²) >= 11 is 1.02. The van der Waals surface area contributed by atoms with Crippen LogP contribution in [0.15, 0.2) is 36.4 Å². The van der Waals surface area contributed by atoms with Crippen LogP contribution in [-0.4, -0.2) is 30.9 Å². The predicted octanol–water partition coefficient (Wildman–Crippen LogP) is 3.66. The first-order valence-electron chi connectivity index (χ1n) is 6.90. The molecule has 0 unspecified atom stereocenters. The van der Waals surface area contributed by atoms with Gasteiger partial charge in [0.05, 0.1) is 19.2 Å². The van der Waals surface area contributed by atoms with E-state index in [1.165, 1.54) is 6.07 Å². The van der Waals surface area contributed by atoms with E-state index < -0.39 is 30.3 Å². The maximum Gasteiger partial charge on any atom is 0.450 e. The Hall–Kier alpha value is -2.68. The van der Waals surface area contributed by atoms with Crippen LogP contribution < -0.4 is 5.32 Å². The molecular weight excluding hydrogens is 359 g/mol. The van der Waals surface area contributed by atoms with Crippen LogP contribution in [0.3, 0.4) is 0 Å². The fourth-order valence-electron chi connectivity index (χ4n) is 1.91. The van der Waals surface area contributed by atoms with Crippen molar-refractivity contribution in [2.75, 3.05) is 12.4 Å². The number of Topliss-reactive ketones (excluding diaryl/α,β-unsaturated/α-hetero) is 1. The van der Waals surface area contributed by atoms with Crippen LogP contribution in [0.1, 0.15) is 16.1 Å². The smallest absolute Gasteiger partial charge is 0.450 e. The molecule has 0 atom stereocenters. The van der Waals surface area contributed by atoms with E-state index in [9.17, 15) is 27.6 Å². The van der Waals surface area contributed by atoms with E-state index in [0.29, 0.717) is 4.88 Å². The first kappa shape index (κ1) is 18.7. The zero-order valence-electron chi connectivity index (χ0n) is 12.8. The van der Waals surface area contributed by atoms with Gasteiger partial charge in [0, 0.05) is 4.88 Å². The molecule has 1 aromatic carbocycles. The Bertz CT molecular complexity index is 799. The van der Waals surface area contributed by atoms with E-state index in [1.54, 1.807) is 30.3 Å². The number of methoxy groups -OCH3 is 1. The van der Waals surface area contributed by atoms with Crippen LogP contribution in [-0.2, 0) is 14.3 Å². The Kier molecular flexibility index (Phi) is 5.58. The van der Waals surface area contributed by atoms with E-state index in [4.69, 9.17) is 0 Å². The number of hydrogen-bond acceptors (Lipinski definition) is 5. The minimum Gasteiger partial charge on any atom is -0.465 e. The molecule has 132 valence electrons. The monoisotopic (exact) mass is 371 g/mol. The number of carbonyl (C=O) groups excluding carboxylic acids is 3. The third-order valence-corrected chi connectivity index (χ3v) is 4.24. The fourth-order valence-corrected chi connectivity index (χ4v) is 2.95. The molecule has 1 heterocycles. The highest BCUT2D eigenvalue weighted by Gasteiger charge is 2.39. The summed E-state index contributed by atoms with van der Waals surface area (Å²) in [4.78, 5) is 35.1. The lowest BCUT2D eigenvalue weighted by Crippen LogP contribution is -2.28. The van der Waals surface area contributed by atoms with Gasteiger partial charge in [-0.1, -0.05) is 30.3 Å². The quantitative estimate of drug-likeness (QED) is 0.643. The average molecular weight is 371 g/mol. The van der Waals surface area contributed by atoms with Crippen molar-refractivity contribution >= 4 is 34.7 Å². The Balaban J connectivity index is 2.27. The van der Waals surface area contributed by atoms with Gasteiger partial charge in [-0.2, -0.15) is 13.2 Å². The number of rotatable bonds is 5. The highest BCUT2D eigenvalue weighted by Crippen LogP contribution is 2.35. The molecule has 25 heavy (non-hydrogen) atoms. The minimum absolute atomic E-state index is 0.00400. The molecule has 0 spiro atoms. The van der Waals surface area contributed by atoms with Crippen molar-refractivity contribution in [2.45, 2.75) is 12.6 Å². The Morgan fingerprint density at radius 2 is 1.80 bits per heavy atom. The summed E-state index contributed by atoms with van der Waals surface area (Å²) < 4.78 is 41.3. The SMILES string of the molecule is COC(=O)c1sc(-c2ccccc2)cc1NC(=O)CC(=O)C(F)(F)F. The molecule has 9 heteroatoms. The van der Waals surface area contributed by atoms with Gasteiger partial charge in [0.2, 0.25) is 11.7 Å². The Morgan fingerprint density at radius 3 is 2.36 bits per heavy atom. The molecule has 0 fully saturated rings. The van der Waals surface area contributed by atoms with Crippen molar-refractivity contribution in [3.8, 4) is 10.4 Å². The normalized spacial score (nSPS) is 11.0. The number of hydrogen-bond donors (Lipinski definition) is 1. The average Bonchev–Trinajstić information content (AvgIpc) is 2.97. The molecule has 2 aromatic rings. The van der Waals surface area contributed by atoms with Crippen molar-refractivity contribution in [3.63, 3.8) is 0 Å². The van der Waals surface area contributed by atoms with Gasteiger partial charge in [-0.3, -0.25) is 9.59 Å². The van der Waals surface area contributed by atoms with Gasteiger partial charge in [0.1, 0.15) is 4.88 Å². The van der Waals surface area contributed by atoms with Crippen molar-refractivity contribution < 1.29 is 32.3 Å². The fraction of sp³-hybridized carbons (Fsp3) is 0.188. The standard InChI is InChI=1S/C16H12F3NO4S/c1-24-15(23)14-10(20-13(22)8-12(21)16(17,18)19)7-11(25-14)9-5-3-2-4-6-9/h2-7H,8H2,1H3,(H,20,22). The summed E-state index contributed by atoms with van der Waals surface area (Å²) in [5.41, 5.74) is 0.750. The van der Waals surface area contributed by atoms with Gasteiger partial charge in [0.25, 0.3) is 0 Å². The molecule has 0 bridgehead atoms. The van der Waals surface area contributed by atoms with Crippen LogP contribution in [0.5, 0.6) is 0 Å². The van der Waals surface area contributed by atoms with Gasteiger partial charge in [-0.15, -0.1) is 11.3 Å². The molecule has 0 saturated carbocycles. The second-order valence-corrected chi connectivity index (χ2v) is 5.91. The molecular formula is C16H12F3NO4S. The van der Waals surface area contributed by atoms with Gasteiger partial charge < -0.3 is 10.1 Å². The highest BCUT2D eigenvalue weighted by molar-refractivity contribution is 7.18. The highest BCUT2D eigenvalue weighted by atomic mass is 32.1. The number of thiophene rings is 1. The maximum absolute atomic E-state index is 12.2. The number of benzene rings is 1. The maximum atomic E-state index is 12.2. The third-order valence-electron chi connectivity index (χ3n) is 3.07. The molecule has 1 N–H and O–H groups in total. The summed E-state index contributed by atoms with van der Waals surface area (Å²) in [6.07, 6.45) is -6.45. The molecule has 0 aliphatic carbocycles. The topological polar surface area (TPSA) is 72.5 Å². The lowest BCUT2D eigenvalue weighted by Gasteiger charge is -2.06. The molecule has 5 nitrogen and oxygen atoms in total. The van der Waals surface area contributed by atoms with E-state index in [1.807, 2.05) is 0 Å². The number of ether oxygens (including phenoxy) is 1. The van der Waals surface area contributed by atoms with Gasteiger partial charge >= 0.3 is 12.1 Å². The Labute approximate surface area is 144 Å². The number of alkyl halides is 3. The largest absolute Gasteiger partial charge is 0.465 e. The molecule has 1 amide bonds. The summed E-state index contributed by atoms with van der Waals surface area (Å²) in [5.74, 6) is -4.07. The molecule has 0 aliphatic rings. The number of anilines is 1. The summed E-state index contributed by atoms with van der Waals surface area (Å²) in [7, 11) is 1.14. The number of ketones is 1. The minimum atomic E-state index is -5.09. The van der Waals surface area contributed by atoms with Crippen molar-refractivity contribution in [2.24, 2.45) is 0 Å². The first-order chi connectivity index (χ1) is 11.7. The van der Waals surface area contributed by atoms with E-state index in [-0.39, 0.29) is 10.6 Å². The van der Waals surface area contributed by atoms with Gasteiger partial charge in [0.15, 0.2) is 0 Å². The van der Waals surface area contributed by atoms with Gasteiger partial charge in [-0.05, 0) is 11.6 Å². The van der Waals surface area contributed by atoms with E-state index >= 15 is 0 Å². The second kappa shape index (κ2) is 7.47. The van der Waals surface area contributed by atoms with Crippen molar-refractivity contribution in [3.05, 3.63) is 41.3 Å². The lowest BCUT2D eigenvalue weighted by molar-refractivity contribution is -0.171. The van der Waals surface area contributed by atoms with Crippen LogP contribution in [0.25, 0.3) is 10.4 Å². The number of amides is 1. The lowest BCUT2D eigenvalue weighted by atomic mass is 10.2. The summed E-state index contributed by atoms with van der Waals surface area (Å²) in [6, 6.07) is 10.3. The molecule has 0 saturated heterocycles. The van der Waals surface area contributed by atoms with Crippen molar-refractivity contribution in [1.82, 2.24) is 0 Å². The van der Waals surface area contributed by atoms with Gasteiger partial charge in [-0.25, -0.2) is 4.79 Å². The molecule has 2 rings (SSSR count). The summed E-state index contributed by atoms with van der Waals surface area (Å²) in [6.45, 7) is 0. The third kappa shape index (κ3) is 4.66. The number of carbonyl (C=O) groups is 3. The zero-order valence-corrected chi connectivity index (χ0v) is 13.7. The first-order valence-corrected chi connectivity index (χ1v) is 7.71. The van der Waals surface area contributed by atoms with E-state index in [0.717, 1.165) is 24.0 Å². The molecule has 1 aromatic heterocycles. The number of nitrogens with one attached hydrogen (secondary N) is 1. The number of esters is 1. The zero-order chi connectivity index (χ0) is 18.6. The van der Waals surface area contributed by atoms with Crippen molar-refractivity contribution in [1.29, 1.82) is 0 Å². The molecule has 0 radical (unpaired) electrons. The van der Waals surface area contributed by atoms with Crippen LogP contribution in [0.4, 0.5) is 18.9 Å². The number of halogens is 3. The molecule has 0 aliphatic heterocycles. The second-order valence-electron chi connectivity index (χ2n) is 4.86. The Morgan fingerprint density at radius 1 is 1.16 bits per heavy atom. The van der Waals surface area contributed by atoms with Crippen LogP contribution in [0, 0.1) is 0 Å². The summed E-state index contributed by atoms with van der Waals surface area (Å²) in [5, 5.41) is 2.17. The predicted molar refractivity (Wildman–Crippen MR) is 85.4 cm³/mol.